The van der Waals surface area contributed by atoms with Crippen LogP contribution in [0.4, 0.5) is 30.7 Å². The lowest BCUT2D eigenvalue weighted by molar-refractivity contribution is -0.137. The van der Waals surface area contributed by atoms with Crippen LogP contribution in [0.3, 0.4) is 0 Å². The second-order valence-electron chi connectivity index (χ2n) is 8.83. The zero-order valence-electron chi connectivity index (χ0n) is 19.7. The van der Waals surface area contributed by atoms with Gasteiger partial charge in [0.05, 0.1) is 23.8 Å². The monoisotopic (exact) mass is 577 g/mol. The van der Waals surface area contributed by atoms with Crippen molar-refractivity contribution in [1.82, 2.24) is 15.3 Å². The fourth-order valence-corrected chi connectivity index (χ4v) is 4.24. The van der Waals surface area contributed by atoms with Gasteiger partial charge in [0, 0.05) is 29.1 Å². The lowest BCUT2D eigenvalue weighted by atomic mass is 9.81. The summed E-state index contributed by atoms with van der Waals surface area (Å²) in [4.78, 5) is 29.4. The quantitative estimate of drug-likeness (QED) is 0.325. The van der Waals surface area contributed by atoms with E-state index in [9.17, 15) is 35.9 Å². The molecule has 1 fully saturated rings. The number of nitrogens with zero attached hydrogens (tertiary/aromatic N) is 1. The van der Waals surface area contributed by atoms with Crippen molar-refractivity contribution in [1.29, 1.82) is 0 Å². The van der Waals surface area contributed by atoms with E-state index in [4.69, 9.17) is 16.3 Å². The SMILES string of the molecule is O=c1cc(C(F)F)nc(-c2c(C(F)(F)F)ccc(CNC(=O)[C@H]3C[C@H](OCc4ccc(F)cc4Cl)C3)c2F)[nH]1. The van der Waals surface area contributed by atoms with Crippen LogP contribution in [0.25, 0.3) is 11.4 Å². The molecule has 1 saturated carbocycles. The van der Waals surface area contributed by atoms with Crippen LogP contribution in [0.2, 0.25) is 5.02 Å². The standard InChI is InChI=1S/C25H19ClF7N3O3/c26-17-7-14(27)3-1-12(17)10-39-15-5-13(6-15)24(38)34-9-11-2-4-16(25(31,32)33)20(21(11)28)23-35-18(22(29)30)8-19(37)36-23/h1-4,7-8,13,15,22H,5-6,9-10H2,(H,34,38)(H,35,36,37)/t13-,15-. The maximum Gasteiger partial charge on any atom is 0.417 e. The first-order chi connectivity index (χ1) is 18.3. The van der Waals surface area contributed by atoms with Crippen molar-refractivity contribution in [2.45, 2.75) is 44.7 Å². The summed E-state index contributed by atoms with van der Waals surface area (Å²) in [6.45, 7) is -0.414. The number of benzene rings is 2. The van der Waals surface area contributed by atoms with Gasteiger partial charge in [-0.3, -0.25) is 9.59 Å². The lowest BCUT2D eigenvalue weighted by Gasteiger charge is -2.34. The van der Waals surface area contributed by atoms with Gasteiger partial charge in [0.2, 0.25) is 5.91 Å². The summed E-state index contributed by atoms with van der Waals surface area (Å²) in [5, 5.41) is 2.63. The van der Waals surface area contributed by atoms with E-state index in [1.165, 1.54) is 12.1 Å². The van der Waals surface area contributed by atoms with E-state index < -0.39 is 70.8 Å². The molecular formula is C25H19ClF7N3O3. The van der Waals surface area contributed by atoms with Gasteiger partial charge in [-0.25, -0.2) is 22.5 Å². The van der Waals surface area contributed by atoms with Crippen molar-refractivity contribution in [3.63, 3.8) is 0 Å². The third kappa shape index (κ3) is 6.59. The average molecular weight is 578 g/mol. The number of carbonyl (C=O) groups excluding carboxylic acids is 1. The highest BCUT2D eigenvalue weighted by Gasteiger charge is 2.38. The summed E-state index contributed by atoms with van der Waals surface area (Å²) in [5.41, 5.74) is -4.88. The third-order valence-corrected chi connectivity index (χ3v) is 6.51. The minimum absolute atomic E-state index is 0.0978. The van der Waals surface area contributed by atoms with Gasteiger partial charge in [-0.1, -0.05) is 23.7 Å². The first-order valence-electron chi connectivity index (χ1n) is 11.4. The molecule has 4 rings (SSSR count). The average Bonchev–Trinajstić information content (AvgIpc) is 2.82. The second kappa shape index (κ2) is 11.3. The topological polar surface area (TPSA) is 84.1 Å². The molecule has 6 nitrogen and oxygen atoms in total. The lowest BCUT2D eigenvalue weighted by Crippen LogP contribution is -2.42. The zero-order chi connectivity index (χ0) is 28.5. The van der Waals surface area contributed by atoms with Crippen molar-refractivity contribution in [2.75, 3.05) is 0 Å². The van der Waals surface area contributed by atoms with Crippen molar-refractivity contribution >= 4 is 17.5 Å². The van der Waals surface area contributed by atoms with E-state index in [-0.39, 0.29) is 23.3 Å². The van der Waals surface area contributed by atoms with Crippen LogP contribution in [0, 0.1) is 17.6 Å². The number of aromatic amines is 1. The summed E-state index contributed by atoms with van der Waals surface area (Å²) in [5.74, 6) is -3.99. The van der Waals surface area contributed by atoms with Crippen molar-refractivity contribution in [3.05, 3.63) is 85.8 Å². The molecule has 2 N–H and O–H groups in total. The summed E-state index contributed by atoms with van der Waals surface area (Å²) in [7, 11) is 0. The molecule has 0 unspecified atom stereocenters. The Morgan fingerprint density at radius 1 is 1.13 bits per heavy atom. The molecule has 0 saturated heterocycles. The van der Waals surface area contributed by atoms with Gasteiger partial charge in [-0.15, -0.1) is 0 Å². The molecule has 1 aliphatic carbocycles. The minimum Gasteiger partial charge on any atom is -0.373 e. The number of rotatable bonds is 8. The van der Waals surface area contributed by atoms with E-state index in [2.05, 4.69) is 10.3 Å². The number of amides is 1. The molecule has 1 aliphatic rings. The Labute approximate surface area is 221 Å². The molecule has 0 bridgehead atoms. The predicted molar refractivity (Wildman–Crippen MR) is 125 cm³/mol. The van der Waals surface area contributed by atoms with Crippen molar-refractivity contribution < 1.29 is 40.3 Å². The summed E-state index contributed by atoms with van der Waals surface area (Å²) in [6.07, 6.45) is -8.04. The second-order valence-corrected chi connectivity index (χ2v) is 9.24. The van der Waals surface area contributed by atoms with Crippen LogP contribution in [0.1, 0.15) is 41.7 Å². The summed E-state index contributed by atoms with van der Waals surface area (Å²) < 4.78 is 101. The molecule has 14 heteroatoms. The molecule has 3 aromatic rings. The Hall–Kier alpha value is -3.45. The Kier molecular flexibility index (Phi) is 8.31. The molecule has 2 aromatic carbocycles. The number of ether oxygens (including phenoxy) is 1. The zero-order valence-corrected chi connectivity index (χ0v) is 20.5. The van der Waals surface area contributed by atoms with Gasteiger partial charge < -0.3 is 15.0 Å². The molecule has 208 valence electrons. The van der Waals surface area contributed by atoms with E-state index in [1.807, 2.05) is 4.98 Å². The molecule has 1 amide bonds. The van der Waals surface area contributed by atoms with E-state index >= 15 is 4.39 Å². The number of H-pyrrole nitrogens is 1. The van der Waals surface area contributed by atoms with Crippen molar-refractivity contribution in [2.24, 2.45) is 5.92 Å². The van der Waals surface area contributed by atoms with E-state index in [0.717, 1.165) is 12.1 Å². The Morgan fingerprint density at radius 2 is 1.82 bits per heavy atom. The Balaban J connectivity index is 1.43. The predicted octanol–water partition coefficient (Wildman–Crippen LogP) is 5.94. The number of halogens is 8. The van der Waals surface area contributed by atoms with Crippen LogP contribution in [-0.4, -0.2) is 22.0 Å². The number of alkyl halides is 5. The number of hydrogen-bond acceptors (Lipinski definition) is 4. The molecular weight excluding hydrogens is 559 g/mol. The number of nitrogens with one attached hydrogen (secondary N) is 2. The minimum atomic E-state index is -5.10. The van der Waals surface area contributed by atoms with Crippen LogP contribution in [0.5, 0.6) is 0 Å². The number of aromatic nitrogens is 2. The van der Waals surface area contributed by atoms with Gasteiger partial charge >= 0.3 is 6.18 Å². The molecule has 39 heavy (non-hydrogen) atoms. The largest absolute Gasteiger partial charge is 0.417 e. The van der Waals surface area contributed by atoms with Gasteiger partial charge in [0.1, 0.15) is 23.2 Å². The van der Waals surface area contributed by atoms with Gasteiger partial charge in [0.25, 0.3) is 12.0 Å². The maximum atomic E-state index is 15.3. The van der Waals surface area contributed by atoms with E-state index in [1.54, 1.807) is 0 Å². The molecule has 1 aromatic heterocycles. The molecule has 1 heterocycles. The Morgan fingerprint density at radius 3 is 2.46 bits per heavy atom. The fraction of sp³-hybridized carbons (Fsp3) is 0.320. The summed E-state index contributed by atoms with van der Waals surface area (Å²) >= 11 is 5.95. The molecule has 0 radical (unpaired) electrons. The number of hydrogen-bond donors (Lipinski definition) is 2. The summed E-state index contributed by atoms with van der Waals surface area (Å²) in [6, 6.07) is 5.57. The highest BCUT2D eigenvalue weighted by atomic mass is 35.5. The molecule has 0 atom stereocenters. The van der Waals surface area contributed by atoms with Gasteiger partial charge in [0.15, 0.2) is 0 Å². The Bertz CT molecular complexity index is 1440. The fourth-order valence-electron chi connectivity index (χ4n) is 4.02. The normalized spacial score (nSPS) is 17.3. The van der Waals surface area contributed by atoms with Crippen LogP contribution < -0.4 is 10.9 Å². The van der Waals surface area contributed by atoms with Crippen molar-refractivity contribution in [3.8, 4) is 11.4 Å². The third-order valence-electron chi connectivity index (χ3n) is 6.16. The first-order valence-corrected chi connectivity index (χ1v) is 11.8. The maximum absolute atomic E-state index is 15.3. The van der Waals surface area contributed by atoms with Crippen LogP contribution >= 0.6 is 11.6 Å². The van der Waals surface area contributed by atoms with Crippen LogP contribution in [-0.2, 0) is 28.9 Å². The molecule has 0 aliphatic heterocycles. The first kappa shape index (κ1) is 28.6. The van der Waals surface area contributed by atoms with Gasteiger partial charge in [-0.05, 0) is 36.6 Å². The highest BCUT2D eigenvalue weighted by Crippen LogP contribution is 2.39. The number of carbonyl (C=O) groups is 1. The highest BCUT2D eigenvalue weighted by molar-refractivity contribution is 6.31. The van der Waals surface area contributed by atoms with Crippen LogP contribution in [0.15, 0.2) is 41.2 Å². The smallest absolute Gasteiger partial charge is 0.373 e. The molecule has 0 spiro atoms. The van der Waals surface area contributed by atoms with Gasteiger partial charge in [-0.2, -0.15) is 13.2 Å². The van der Waals surface area contributed by atoms with E-state index in [0.29, 0.717) is 30.5 Å².